The maximum Gasteiger partial charge on any atom is 0.416 e. The molecule has 1 aromatic heterocycles. The van der Waals surface area contributed by atoms with Crippen LogP contribution in [0.5, 0.6) is 0 Å². The number of piperidine rings is 1. The average molecular weight is 373 g/mol. The van der Waals surface area contributed by atoms with Crippen molar-refractivity contribution in [2.24, 2.45) is 5.92 Å². The first-order valence-electron chi connectivity index (χ1n) is 8.64. The van der Waals surface area contributed by atoms with Crippen LogP contribution in [0.15, 0.2) is 36.4 Å². The van der Waals surface area contributed by atoms with Gasteiger partial charge in [0.05, 0.1) is 11.1 Å². The molecular formula is C20H18F3N3O. The fraction of sp³-hybridized carbons (Fsp3) is 0.350. The van der Waals surface area contributed by atoms with Gasteiger partial charge in [0.15, 0.2) is 5.78 Å². The third-order valence-corrected chi connectivity index (χ3v) is 4.72. The number of hydrogen-bond donors (Lipinski definition) is 0. The molecule has 0 unspecified atom stereocenters. The predicted molar refractivity (Wildman–Crippen MR) is 94.4 cm³/mol. The molecule has 3 rings (SSSR count). The molecule has 4 nitrogen and oxygen atoms in total. The van der Waals surface area contributed by atoms with Crippen molar-refractivity contribution < 1.29 is 18.0 Å². The van der Waals surface area contributed by atoms with Crippen molar-refractivity contribution in [2.45, 2.75) is 25.9 Å². The summed E-state index contributed by atoms with van der Waals surface area (Å²) in [5.41, 5.74) is 0.725. The van der Waals surface area contributed by atoms with Gasteiger partial charge in [-0.05, 0) is 44.0 Å². The summed E-state index contributed by atoms with van der Waals surface area (Å²) >= 11 is 0. The molecule has 2 heterocycles. The highest BCUT2D eigenvalue weighted by molar-refractivity contribution is 5.98. The Morgan fingerprint density at radius 3 is 2.56 bits per heavy atom. The van der Waals surface area contributed by atoms with Crippen molar-refractivity contribution in [3.05, 3.63) is 58.8 Å². The van der Waals surface area contributed by atoms with E-state index in [-0.39, 0.29) is 17.3 Å². The summed E-state index contributed by atoms with van der Waals surface area (Å²) < 4.78 is 38.1. The van der Waals surface area contributed by atoms with Crippen LogP contribution in [-0.4, -0.2) is 23.9 Å². The maximum atomic E-state index is 12.8. The van der Waals surface area contributed by atoms with Crippen LogP contribution in [0.2, 0.25) is 0 Å². The predicted octanol–water partition coefficient (Wildman–Crippen LogP) is 4.38. The number of ketones is 1. The number of halogens is 3. The topological polar surface area (TPSA) is 57.0 Å². The number of rotatable bonds is 3. The molecule has 7 heteroatoms. The van der Waals surface area contributed by atoms with Crippen LogP contribution < -0.4 is 4.90 Å². The van der Waals surface area contributed by atoms with E-state index in [4.69, 9.17) is 0 Å². The molecule has 0 saturated carbocycles. The van der Waals surface area contributed by atoms with E-state index in [1.165, 1.54) is 12.1 Å². The van der Waals surface area contributed by atoms with Crippen LogP contribution in [0.4, 0.5) is 19.0 Å². The van der Waals surface area contributed by atoms with E-state index in [0.29, 0.717) is 30.9 Å². The number of anilines is 1. The molecule has 140 valence electrons. The number of nitriles is 1. The quantitative estimate of drug-likeness (QED) is 0.749. The molecule has 1 aromatic carbocycles. The number of carbonyl (C=O) groups is 1. The molecule has 2 aromatic rings. The lowest BCUT2D eigenvalue weighted by atomic mass is 9.89. The lowest BCUT2D eigenvalue weighted by molar-refractivity contribution is -0.137. The van der Waals surface area contributed by atoms with Gasteiger partial charge in [-0.25, -0.2) is 4.98 Å². The molecular weight excluding hydrogens is 355 g/mol. The maximum absolute atomic E-state index is 12.8. The Hall–Kier alpha value is -2.88. The molecule has 0 radical (unpaired) electrons. The lowest BCUT2D eigenvalue weighted by Gasteiger charge is -2.33. The van der Waals surface area contributed by atoms with Crippen molar-refractivity contribution in [2.75, 3.05) is 18.0 Å². The second kappa shape index (κ2) is 7.39. The fourth-order valence-electron chi connectivity index (χ4n) is 3.31. The SMILES string of the molecule is Cc1ccc(C#N)c(N2CCC[C@@H](C(=O)c3ccc(C(F)(F)F)cc3)C2)n1. The number of aryl methyl sites for hydroxylation is 1. The second-order valence-electron chi connectivity index (χ2n) is 6.66. The van der Waals surface area contributed by atoms with E-state index in [0.717, 1.165) is 24.2 Å². The number of benzene rings is 1. The first-order valence-corrected chi connectivity index (χ1v) is 8.64. The Morgan fingerprint density at radius 1 is 1.22 bits per heavy atom. The Balaban J connectivity index is 1.79. The van der Waals surface area contributed by atoms with Crippen LogP contribution in [0, 0.1) is 24.2 Å². The minimum atomic E-state index is -4.42. The molecule has 0 N–H and O–H groups in total. The second-order valence-corrected chi connectivity index (χ2v) is 6.66. The van der Waals surface area contributed by atoms with Crippen LogP contribution >= 0.6 is 0 Å². The number of aromatic nitrogens is 1. The minimum Gasteiger partial charge on any atom is -0.355 e. The summed E-state index contributed by atoms with van der Waals surface area (Å²) in [5.74, 6) is 0.0337. The van der Waals surface area contributed by atoms with Gasteiger partial charge in [0.1, 0.15) is 11.9 Å². The van der Waals surface area contributed by atoms with Gasteiger partial charge in [0, 0.05) is 30.3 Å². The van der Waals surface area contributed by atoms with Crippen LogP contribution in [0.1, 0.15) is 40.0 Å². The monoisotopic (exact) mass is 373 g/mol. The van der Waals surface area contributed by atoms with E-state index in [1.54, 1.807) is 12.1 Å². The zero-order chi connectivity index (χ0) is 19.6. The zero-order valence-electron chi connectivity index (χ0n) is 14.8. The van der Waals surface area contributed by atoms with E-state index in [1.807, 2.05) is 11.8 Å². The molecule has 0 spiro atoms. The van der Waals surface area contributed by atoms with Gasteiger partial charge in [-0.3, -0.25) is 4.79 Å². The first-order chi connectivity index (χ1) is 12.8. The molecule has 0 amide bonds. The highest BCUT2D eigenvalue weighted by Gasteiger charge is 2.32. The minimum absolute atomic E-state index is 0.181. The van der Waals surface area contributed by atoms with E-state index >= 15 is 0 Å². The smallest absolute Gasteiger partial charge is 0.355 e. The molecule has 0 aliphatic carbocycles. The molecule has 1 aliphatic rings. The Bertz CT molecular complexity index is 885. The van der Waals surface area contributed by atoms with Gasteiger partial charge in [-0.15, -0.1) is 0 Å². The number of alkyl halides is 3. The van der Waals surface area contributed by atoms with Gasteiger partial charge in [-0.1, -0.05) is 12.1 Å². The molecule has 1 atom stereocenters. The molecule has 1 aliphatic heterocycles. The zero-order valence-corrected chi connectivity index (χ0v) is 14.8. The number of nitrogens with zero attached hydrogens (tertiary/aromatic N) is 3. The van der Waals surface area contributed by atoms with Crippen LogP contribution in [-0.2, 0) is 6.18 Å². The Labute approximate surface area is 155 Å². The Kier molecular flexibility index (Phi) is 5.17. The summed E-state index contributed by atoms with van der Waals surface area (Å²) in [5, 5.41) is 9.31. The molecule has 1 saturated heterocycles. The molecule has 1 fully saturated rings. The van der Waals surface area contributed by atoms with Crippen molar-refractivity contribution >= 4 is 11.6 Å². The van der Waals surface area contributed by atoms with Gasteiger partial charge in [-0.2, -0.15) is 18.4 Å². The molecule has 0 bridgehead atoms. The van der Waals surface area contributed by atoms with E-state index < -0.39 is 11.7 Å². The lowest BCUT2D eigenvalue weighted by Crippen LogP contribution is -2.39. The van der Waals surface area contributed by atoms with Gasteiger partial charge >= 0.3 is 6.18 Å². The number of pyridine rings is 1. The van der Waals surface area contributed by atoms with Gasteiger partial charge in [0.2, 0.25) is 0 Å². The Morgan fingerprint density at radius 2 is 1.93 bits per heavy atom. The van der Waals surface area contributed by atoms with Crippen LogP contribution in [0.3, 0.4) is 0 Å². The van der Waals surface area contributed by atoms with Crippen molar-refractivity contribution in [3.8, 4) is 6.07 Å². The van der Waals surface area contributed by atoms with Crippen molar-refractivity contribution in [1.82, 2.24) is 4.98 Å². The summed E-state index contributed by atoms with van der Waals surface area (Å²) in [6.45, 7) is 2.91. The van der Waals surface area contributed by atoms with Crippen molar-refractivity contribution in [3.63, 3.8) is 0 Å². The number of carbonyl (C=O) groups excluding carboxylic acids is 1. The summed E-state index contributed by atoms with van der Waals surface area (Å²) in [6, 6.07) is 9.92. The van der Waals surface area contributed by atoms with Crippen LogP contribution in [0.25, 0.3) is 0 Å². The van der Waals surface area contributed by atoms with E-state index in [2.05, 4.69) is 11.1 Å². The summed E-state index contributed by atoms with van der Waals surface area (Å²) in [4.78, 5) is 19.1. The van der Waals surface area contributed by atoms with Crippen molar-refractivity contribution in [1.29, 1.82) is 5.26 Å². The standard InChI is InChI=1S/C20H18F3N3O/c1-13-4-5-15(11-24)19(25-13)26-10-2-3-16(12-26)18(27)14-6-8-17(9-7-14)20(21,22)23/h4-9,16H,2-3,10,12H2,1H3/t16-/m1/s1. The first kappa shape index (κ1) is 18.9. The van der Waals surface area contributed by atoms with E-state index in [9.17, 15) is 23.2 Å². The van der Waals surface area contributed by atoms with Gasteiger partial charge < -0.3 is 4.90 Å². The third kappa shape index (κ3) is 4.11. The normalized spacial score (nSPS) is 17.4. The molecule has 27 heavy (non-hydrogen) atoms. The van der Waals surface area contributed by atoms with Gasteiger partial charge in [0.25, 0.3) is 0 Å². The number of hydrogen-bond acceptors (Lipinski definition) is 4. The number of Topliss-reactive ketones (excluding diaryl/α,β-unsaturated/α-hetero) is 1. The average Bonchev–Trinajstić information content (AvgIpc) is 2.67. The highest BCUT2D eigenvalue weighted by atomic mass is 19.4. The summed E-state index contributed by atoms with van der Waals surface area (Å²) in [7, 11) is 0. The largest absolute Gasteiger partial charge is 0.416 e. The summed E-state index contributed by atoms with van der Waals surface area (Å²) in [6.07, 6.45) is -3.02. The third-order valence-electron chi connectivity index (χ3n) is 4.72. The highest BCUT2D eigenvalue weighted by Crippen LogP contribution is 2.30. The fourth-order valence-corrected chi connectivity index (χ4v) is 3.31.